The number of hydrogen-bond donors (Lipinski definition) is 1. The number of aryl methyl sites for hydroxylation is 1. The first-order chi connectivity index (χ1) is 20.2. The zero-order valence-corrected chi connectivity index (χ0v) is 24.4. The number of likely N-dealkylation sites (tertiary alicyclic amines) is 1. The van der Waals surface area contributed by atoms with Gasteiger partial charge >= 0.3 is 0 Å². The fourth-order valence-electron chi connectivity index (χ4n) is 5.34. The Labute approximate surface area is 247 Å². The Morgan fingerprint density at radius 3 is 2.33 bits per heavy atom. The summed E-state index contributed by atoms with van der Waals surface area (Å²) < 4.78 is 12.5. The topological polar surface area (TPSA) is 91.4 Å². The van der Waals surface area contributed by atoms with Crippen LogP contribution >= 0.6 is 0 Å². The molecule has 3 amide bonds. The summed E-state index contributed by atoms with van der Waals surface area (Å²) in [7, 11) is 5.54. The fraction of sp³-hybridized carbons (Fsp3) is 0.364. The number of anilines is 1. The molecule has 1 saturated heterocycles. The van der Waals surface area contributed by atoms with Crippen LogP contribution in [-0.4, -0.2) is 80.4 Å². The Morgan fingerprint density at radius 2 is 1.62 bits per heavy atom. The summed E-state index contributed by atoms with van der Waals surface area (Å²) in [5, 5.41) is 3.06. The average Bonchev–Trinajstić information content (AvgIpc) is 2.98. The van der Waals surface area contributed by atoms with E-state index in [0.717, 1.165) is 16.8 Å². The summed E-state index contributed by atoms with van der Waals surface area (Å²) in [6.45, 7) is 1.06. The number of rotatable bonds is 2. The van der Waals surface area contributed by atoms with E-state index in [1.807, 2.05) is 91.8 Å². The second kappa shape index (κ2) is 13.1. The van der Waals surface area contributed by atoms with Gasteiger partial charge in [0.15, 0.2) is 0 Å². The largest absolute Gasteiger partial charge is 0.457 e. The van der Waals surface area contributed by atoms with Crippen molar-refractivity contribution in [2.45, 2.75) is 38.0 Å². The highest BCUT2D eigenvalue weighted by atomic mass is 16.5. The molecule has 0 aromatic heterocycles. The van der Waals surface area contributed by atoms with Gasteiger partial charge in [0, 0.05) is 51.9 Å². The van der Waals surface area contributed by atoms with E-state index >= 15 is 0 Å². The molecule has 0 aliphatic carbocycles. The first kappa shape index (κ1) is 29.1. The fourth-order valence-corrected chi connectivity index (χ4v) is 5.34. The zero-order chi connectivity index (χ0) is 29.6. The van der Waals surface area contributed by atoms with Crippen LogP contribution in [0.4, 0.5) is 5.69 Å². The molecule has 1 N–H and O–H groups in total. The van der Waals surface area contributed by atoms with E-state index in [1.54, 1.807) is 11.9 Å². The smallest absolute Gasteiger partial charge is 0.253 e. The Bertz CT molecular complexity index is 1420. The summed E-state index contributed by atoms with van der Waals surface area (Å²) in [4.78, 5) is 44.6. The number of nitrogens with zero attached hydrogens (tertiary/aromatic N) is 3. The van der Waals surface area contributed by atoms with Gasteiger partial charge < -0.3 is 29.5 Å². The van der Waals surface area contributed by atoms with Crippen molar-refractivity contribution in [1.29, 1.82) is 0 Å². The van der Waals surface area contributed by atoms with Crippen LogP contribution in [0.15, 0.2) is 72.8 Å². The lowest BCUT2D eigenvalue weighted by Crippen LogP contribution is -2.58. The molecular weight excluding hydrogens is 532 g/mol. The van der Waals surface area contributed by atoms with Gasteiger partial charge in [-0.15, -0.1) is 0 Å². The number of amides is 3. The third-order valence-corrected chi connectivity index (χ3v) is 7.74. The molecule has 9 nitrogen and oxygen atoms in total. The van der Waals surface area contributed by atoms with Gasteiger partial charge in [0.05, 0.1) is 25.3 Å². The number of nitrogens with one attached hydrogen (secondary N) is 1. The molecule has 4 bridgehead atoms. The molecule has 3 aromatic rings. The van der Waals surface area contributed by atoms with Crippen molar-refractivity contribution in [3.05, 3.63) is 89.5 Å². The van der Waals surface area contributed by atoms with Crippen molar-refractivity contribution >= 4 is 23.4 Å². The van der Waals surface area contributed by atoms with Crippen LogP contribution in [-0.2, 0) is 27.4 Å². The molecule has 1 fully saturated rings. The molecule has 0 unspecified atom stereocenters. The van der Waals surface area contributed by atoms with Crippen LogP contribution in [0.2, 0.25) is 0 Å². The van der Waals surface area contributed by atoms with Crippen molar-refractivity contribution in [2.24, 2.45) is 0 Å². The number of hydrogen-bond acceptors (Lipinski definition) is 6. The number of benzene rings is 3. The molecule has 2 atom stereocenters. The van der Waals surface area contributed by atoms with Gasteiger partial charge in [-0.05, 0) is 72.5 Å². The van der Waals surface area contributed by atoms with Crippen molar-refractivity contribution in [3.8, 4) is 11.5 Å². The minimum atomic E-state index is -0.433. The first-order valence-corrected chi connectivity index (χ1v) is 14.3. The predicted octanol–water partition coefficient (Wildman–Crippen LogP) is 3.87. The maximum absolute atomic E-state index is 13.4. The monoisotopic (exact) mass is 570 g/mol. The maximum atomic E-state index is 13.4. The number of likely N-dealkylation sites (N-methyl/N-ethyl adjacent to an activating group) is 1. The van der Waals surface area contributed by atoms with E-state index in [4.69, 9.17) is 9.47 Å². The van der Waals surface area contributed by atoms with E-state index < -0.39 is 6.04 Å². The van der Waals surface area contributed by atoms with Crippen LogP contribution in [0.25, 0.3) is 0 Å². The number of carbonyl (C=O) groups excluding carboxylic acids is 3. The zero-order valence-electron chi connectivity index (χ0n) is 24.4. The highest BCUT2D eigenvalue weighted by Crippen LogP contribution is 2.25. The van der Waals surface area contributed by atoms with E-state index in [1.165, 1.54) is 4.90 Å². The van der Waals surface area contributed by atoms with Gasteiger partial charge in [0.2, 0.25) is 11.8 Å². The third-order valence-electron chi connectivity index (χ3n) is 7.74. The normalized spacial score (nSPS) is 20.0. The Morgan fingerprint density at radius 1 is 0.929 bits per heavy atom. The standard InChI is InChI=1S/C33H38N4O5/c1-35(2)26-13-11-25(12-14-26)33(40)37-17-16-30-29(20-37)34-31(38)21-36(3)32(39)15-10-23-6-4-8-27(18-23)42-28-9-5-7-24(19-28)22-41-30/h4-9,11-14,18-19,29-30H,10,15-17,20-22H2,1-3H3,(H,34,38)/t29-,30+/m0/s1. The quantitative estimate of drug-likeness (QED) is 0.503. The van der Waals surface area contributed by atoms with Crippen LogP contribution in [0.5, 0.6) is 11.5 Å². The van der Waals surface area contributed by atoms with E-state index in [-0.39, 0.29) is 36.8 Å². The van der Waals surface area contributed by atoms with Gasteiger partial charge in [-0.1, -0.05) is 24.3 Å². The molecule has 0 spiro atoms. The van der Waals surface area contributed by atoms with Gasteiger partial charge in [-0.3, -0.25) is 14.4 Å². The van der Waals surface area contributed by atoms with Gasteiger partial charge in [0.1, 0.15) is 11.5 Å². The molecule has 220 valence electrons. The second-order valence-corrected chi connectivity index (χ2v) is 11.2. The Hall–Kier alpha value is -4.37. The van der Waals surface area contributed by atoms with Crippen molar-refractivity contribution in [2.75, 3.05) is 45.7 Å². The number of ether oxygens (including phenoxy) is 2. The van der Waals surface area contributed by atoms with E-state index in [0.29, 0.717) is 49.6 Å². The molecule has 0 radical (unpaired) electrons. The Kier molecular flexibility index (Phi) is 9.07. The highest BCUT2D eigenvalue weighted by Gasteiger charge is 2.34. The molecule has 42 heavy (non-hydrogen) atoms. The minimum Gasteiger partial charge on any atom is -0.457 e. The first-order valence-electron chi connectivity index (χ1n) is 14.3. The summed E-state index contributed by atoms with van der Waals surface area (Å²) in [5.74, 6) is 0.885. The maximum Gasteiger partial charge on any atom is 0.253 e. The molecule has 0 saturated carbocycles. The number of fused-ring (bicyclic) bond motifs is 5. The summed E-state index contributed by atoms with van der Waals surface area (Å²) in [5.41, 5.74) is 3.53. The summed E-state index contributed by atoms with van der Waals surface area (Å²) in [6.07, 6.45) is 1.06. The van der Waals surface area contributed by atoms with Crippen molar-refractivity contribution in [3.63, 3.8) is 0 Å². The van der Waals surface area contributed by atoms with Crippen LogP contribution in [0.3, 0.4) is 0 Å². The van der Waals surface area contributed by atoms with Gasteiger partial charge in [-0.25, -0.2) is 0 Å². The van der Waals surface area contributed by atoms with Gasteiger partial charge in [-0.2, -0.15) is 0 Å². The van der Waals surface area contributed by atoms with E-state index in [9.17, 15) is 14.4 Å². The Balaban J connectivity index is 1.35. The molecule has 3 aromatic carbocycles. The highest BCUT2D eigenvalue weighted by molar-refractivity contribution is 5.94. The summed E-state index contributed by atoms with van der Waals surface area (Å²) >= 11 is 0. The SMILES string of the molecule is CN1CC(=O)N[C@H]2CN(C(=O)c3ccc(N(C)C)cc3)CC[C@H]2OCc2cccc(c2)Oc2cccc(c2)CCC1=O. The molecule has 2 heterocycles. The molecular formula is C33H38N4O5. The summed E-state index contributed by atoms with van der Waals surface area (Å²) in [6, 6.07) is 22.5. The lowest BCUT2D eigenvalue weighted by molar-refractivity contribution is -0.135. The molecule has 2 aliphatic rings. The van der Waals surface area contributed by atoms with Gasteiger partial charge in [0.25, 0.3) is 5.91 Å². The number of carbonyl (C=O) groups is 3. The average molecular weight is 571 g/mol. The second-order valence-electron chi connectivity index (χ2n) is 11.2. The third kappa shape index (κ3) is 7.28. The molecule has 5 rings (SSSR count). The molecule has 9 heteroatoms. The molecule has 2 aliphatic heterocycles. The van der Waals surface area contributed by atoms with E-state index in [2.05, 4.69) is 5.32 Å². The lowest BCUT2D eigenvalue weighted by atomic mass is 10.00. The van der Waals surface area contributed by atoms with Crippen molar-refractivity contribution in [1.82, 2.24) is 15.1 Å². The minimum absolute atomic E-state index is 0.0762. The van der Waals surface area contributed by atoms with Crippen LogP contribution < -0.4 is 15.0 Å². The lowest BCUT2D eigenvalue weighted by Gasteiger charge is -2.39. The van der Waals surface area contributed by atoms with Crippen molar-refractivity contribution < 1.29 is 23.9 Å². The van der Waals surface area contributed by atoms with Crippen LogP contribution in [0.1, 0.15) is 34.3 Å². The number of piperidine rings is 1. The predicted molar refractivity (Wildman–Crippen MR) is 161 cm³/mol. The van der Waals surface area contributed by atoms with Crippen LogP contribution in [0, 0.1) is 0 Å².